The number of fused-ring (bicyclic) bond motifs is 1. The van der Waals surface area contributed by atoms with Crippen molar-refractivity contribution in [2.24, 2.45) is 11.7 Å². The third-order valence-electron chi connectivity index (χ3n) is 7.79. The number of amides is 1. The van der Waals surface area contributed by atoms with Crippen LogP contribution in [-0.2, 0) is 11.3 Å². The molecule has 3 aromatic rings. The molecule has 2 fully saturated rings. The molecule has 4 nitrogen and oxygen atoms in total. The molecule has 0 spiro atoms. The molecular formula is C28H34FN3O. The van der Waals surface area contributed by atoms with Crippen LogP contribution in [0.25, 0.3) is 22.0 Å². The Morgan fingerprint density at radius 1 is 1.06 bits per heavy atom. The molecule has 2 atom stereocenters. The number of hydrogen-bond acceptors (Lipinski definition) is 2. The Bertz CT molecular complexity index is 1150. The van der Waals surface area contributed by atoms with Gasteiger partial charge in [-0.15, -0.1) is 0 Å². The summed E-state index contributed by atoms with van der Waals surface area (Å²) >= 11 is 0. The zero-order valence-corrected chi connectivity index (χ0v) is 19.5. The van der Waals surface area contributed by atoms with Crippen LogP contribution in [-0.4, -0.2) is 34.0 Å². The number of nitrogens with zero attached hydrogens (tertiary/aromatic N) is 2. The number of carbonyl (C=O) groups excluding carboxylic acids is 1. The second-order valence-corrected chi connectivity index (χ2v) is 9.92. The van der Waals surface area contributed by atoms with Crippen LogP contribution >= 0.6 is 0 Å². The van der Waals surface area contributed by atoms with Crippen LogP contribution in [0.4, 0.5) is 4.39 Å². The molecule has 2 N–H and O–H groups in total. The second-order valence-electron chi connectivity index (χ2n) is 9.92. The molecule has 0 unspecified atom stereocenters. The van der Waals surface area contributed by atoms with Crippen LogP contribution in [0, 0.1) is 18.7 Å². The summed E-state index contributed by atoms with van der Waals surface area (Å²) in [5, 5.41) is 0.916. The molecular weight excluding hydrogens is 413 g/mol. The van der Waals surface area contributed by atoms with Gasteiger partial charge in [-0.2, -0.15) is 0 Å². The van der Waals surface area contributed by atoms with E-state index in [-0.39, 0.29) is 23.8 Å². The molecule has 2 heterocycles. The highest BCUT2D eigenvalue weighted by atomic mass is 19.1. The summed E-state index contributed by atoms with van der Waals surface area (Å²) < 4.78 is 16.4. The highest BCUT2D eigenvalue weighted by molar-refractivity contribution is 5.97. The number of hydrogen-bond donors (Lipinski definition) is 1. The van der Waals surface area contributed by atoms with E-state index in [4.69, 9.17) is 5.73 Å². The quantitative estimate of drug-likeness (QED) is 0.549. The lowest BCUT2D eigenvalue weighted by atomic mass is 9.83. The van der Waals surface area contributed by atoms with E-state index >= 15 is 0 Å². The van der Waals surface area contributed by atoms with Crippen LogP contribution in [0.1, 0.15) is 50.5 Å². The van der Waals surface area contributed by atoms with Gasteiger partial charge in [-0.05, 0) is 67.9 Å². The highest BCUT2D eigenvalue weighted by Crippen LogP contribution is 2.34. The van der Waals surface area contributed by atoms with Crippen molar-refractivity contribution < 1.29 is 9.18 Å². The van der Waals surface area contributed by atoms with Crippen LogP contribution in [0.5, 0.6) is 0 Å². The maximum Gasteiger partial charge on any atom is 0.240 e. The SMILES string of the molecule is Cc1ccccc1-c1cn(C[C@@H]2CCCN2C(=O)[C@@H](N)C2CCCCC2)c2ccc(F)cc12. The molecule has 1 aromatic heterocycles. The third-order valence-corrected chi connectivity index (χ3v) is 7.79. The van der Waals surface area contributed by atoms with E-state index in [1.807, 2.05) is 23.1 Å². The Balaban J connectivity index is 1.44. The molecule has 1 saturated heterocycles. The van der Waals surface area contributed by atoms with Crippen molar-refractivity contribution in [2.75, 3.05) is 6.54 Å². The van der Waals surface area contributed by atoms with Crippen molar-refractivity contribution in [3.8, 4) is 11.1 Å². The van der Waals surface area contributed by atoms with Gasteiger partial charge in [0.15, 0.2) is 0 Å². The summed E-state index contributed by atoms with van der Waals surface area (Å²) in [5.41, 5.74) is 10.8. The van der Waals surface area contributed by atoms with Gasteiger partial charge in [-0.1, -0.05) is 43.5 Å². The van der Waals surface area contributed by atoms with Crippen LogP contribution in [0.3, 0.4) is 0 Å². The zero-order chi connectivity index (χ0) is 22.9. The number of aryl methyl sites for hydroxylation is 1. The summed E-state index contributed by atoms with van der Waals surface area (Å²) in [7, 11) is 0. The van der Waals surface area contributed by atoms with E-state index in [1.54, 1.807) is 6.07 Å². The Labute approximate surface area is 195 Å². The monoisotopic (exact) mass is 447 g/mol. The molecule has 2 aromatic carbocycles. The summed E-state index contributed by atoms with van der Waals surface area (Å²) in [5.74, 6) is 0.202. The predicted octanol–water partition coefficient (Wildman–Crippen LogP) is 5.65. The molecule has 1 saturated carbocycles. The van der Waals surface area contributed by atoms with Crippen molar-refractivity contribution in [1.29, 1.82) is 0 Å². The van der Waals surface area contributed by atoms with Gasteiger partial charge >= 0.3 is 0 Å². The molecule has 5 rings (SSSR count). The standard InChI is InChI=1S/C28H34FN3O/c1-19-8-5-6-12-23(19)25-18-31(26-14-13-21(29)16-24(25)26)17-22-11-7-15-32(22)28(33)27(30)20-9-3-2-4-10-20/h5-6,8,12-14,16,18,20,22,27H,2-4,7,9-11,15,17,30H2,1H3/t22-,27-/m0/s1. The summed E-state index contributed by atoms with van der Waals surface area (Å²) in [6.45, 7) is 3.57. The molecule has 2 aliphatic rings. The summed E-state index contributed by atoms with van der Waals surface area (Å²) in [6.07, 6.45) is 9.88. The summed E-state index contributed by atoms with van der Waals surface area (Å²) in [4.78, 5) is 15.4. The van der Waals surface area contributed by atoms with E-state index < -0.39 is 0 Å². The first-order chi connectivity index (χ1) is 16.0. The van der Waals surface area contributed by atoms with Crippen molar-refractivity contribution in [3.63, 3.8) is 0 Å². The van der Waals surface area contributed by atoms with Crippen LogP contribution < -0.4 is 5.73 Å². The van der Waals surface area contributed by atoms with E-state index in [1.165, 1.54) is 25.3 Å². The molecule has 174 valence electrons. The minimum absolute atomic E-state index is 0.117. The Hall–Kier alpha value is -2.66. The smallest absolute Gasteiger partial charge is 0.240 e. The molecule has 1 amide bonds. The lowest BCUT2D eigenvalue weighted by Crippen LogP contribution is -2.50. The number of benzene rings is 2. The molecule has 33 heavy (non-hydrogen) atoms. The molecule has 1 aliphatic heterocycles. The zero-order valence-electron chi connectivity index (χ0n) is 19.5. The average Bonchev–Trinajstić information content (AvgIpc) is 3.44. The largest absolute Gasteiger partial charge is 0.345 e. The number of rotatable bonds is 5. The lowest BCUT2D eigenvalue weighted by Gasteiger charge is -2.32. The van der Waals surface area contributed by atoms with Crippen molar-refractivity contribution >= 4 is 16.8 Å². The number of aromatic nitrogens is 1. The van der Waals surface area contributed by atoms with E-state index in [2.05, 4.69) is 29.8 Å². The second kappa shape index (κ2) is 9.30. The minimum atomic E-state index is -0.385. The lowest BCUT2D eigenvalue weighted by molar-refractivity contribution is -0.135. The number of carbonyl (C=O) groups is 1. The number of nitrogens with two attached hydrogens (primary N) is 1. The van der Waals surface area contributed by atoms with Gasteiger partial charge in [0.25, 0.3) is 0 Å². The fraction of sp³-hybridized carbons (Fsp3) is 0.464. The minimum Gasteiger partial charge on any atom is -0.345 e. The first kappa shape index (κ1) is 22.1. The first-order valence-electron chi connectivity index (χ1n) is 12.4. The van der Waals surface area contributed by atoms with E-state index in [0.717, 1.165) is 59.8 Å². The Morgan fingerprint density at radius 2 is 1.85 bits per heavy atom. The fourth-order valence-corrected chi connectivity index (χ4v) is 5.94. The summed E-state index contributed by atoms with van der Waals surface area (Å²) in [6, 6.07) is 13.0. The van der Waals surface area contributed by atoms with Crippen LogP contribution in [0.15, 0.2) is 48.7 Å². The van der Waals surface area contributed by atoms with Gasteiger partial charge in [0.2, 0.25) is 5.91 Å². The first-order valence-corrected chi connectivity index (χ1v) is 12.4. The van der Waals surface area contributed by atoms with Crippen LogP contribution in [0.2, 0.25) is 0 Å². The van der Waals surface area contributed by atoms with Gasteiger partial charge in [0.05, 0.1) is 6.04 Å². The molecule has 0 radical (unpaired) electrons. The van der Waals surface area contributed by atoms with Gasteiger partial charge in [0.1, 0.15) is 5.82 Å². The highest BCUT2D eigenvalue weighted by Gasteiger charge is 2.35. The van der Waals surface area contributed by atoms with Gasteiger partial charge < -0.3 is 15.2 Å². The molecule has 0 bridgehead atoms. The Morgan fingerprint density at radius 3 is 2.64 bits per heavy atom. The van der Waals surface area contributed by atoms with Gasteiger partial charge in [-0.25, -0.2) is 4.39 Å². The predicted molar refractivity (Wildman–Crippen MR) is 131 cm³/mol. The van der Waals surface area contributed by atoms with Gasteiger partial charge in [-0.3, -0.25) is 4.79 Å². The van der Waals surface area contributed by atoms with Crippen molar-refractivity contribution in [2.45, 2.75) is 70.5 Å². The average molecular weight is 448 g/mol. The number of likely N-dealkylation sites (tertiary alicyclic amines) is 1. The van der Waals surface area contributed by atoms with Crippen molar-refractivity contribution in [3.05, 3.63) is 60.0 Å². The maximum atomic E-state index is 14.2. The molecule has 1 aliphatic carbocycles. The van der Waals surface area contributed by atoms with E-state index in [9.17, 15) is 9.18 Å². The van der Waals surface area contributed by atoms with Crippen molar-refractivity contribution in [1.82, 2.24) is 9.47 Å². The maximum absolute atomic E-state index is 14.2. The number of halogens is 1. The fourth-order valence-electron chi connectivity index (χ4n) is 5.94. The normalized spacial score (nSPS) is 20.5. The van der Waals surface area contributed by atoms with E-state index in [0.29, 0.717) is 12.5 Å². The topological polar surface area (TPSA) is 51.3 Å². The Kier molecular flexibility index (Phi) is 6.24. The third kappa shape index (κ3) is 4.31. The molecule has 5 heteroatoms. The van der Waals surface area contributed by atoms with Gasteiger partial charge in [0, 0.05) is 41.8 Å².